The zero-order valence-corrected chi connectivity index (χ0v) is 16.2. The van der Waals surface area contributed by atoms with E-state index in [1.165, 1.54) is 30.0 Å². The fraction of sp³-hybridized carbons (Fsp3) is 0.143. The van der Waals surface area contributed by atoms with E-state index in [0.717, 1.165) is 11.3 Å². The quantitative estimate of drug-likeness (QED) is 0.685. The van der Waals surface area contributed by atoms with Crippen LogP contribution in [-0.2, 0) is 6.54 Å². The van der Waals surface area contributed by atoms with Gasteiger partial charge in [0, 0.05) is 17.3 Å². The van der Waals surface area contributed by atoms with Crippen molar-refractivity contribution in [1.82, 2.24) is 4.57 Å². The van der Waals surface area contributed by atoms with Gasteiger partial charge in [0.15, 0.2) is 0 Å². The molecule has 1 amide bonds. The summed E-state index contributed by atoms with van der Waals surface area (Å²) < 4.78 is 11.9. The third-order valence-electron chi connectivity index (χ3n) is 4.17. The number of nitrogens with one attached hydrogen (secondary N) is 1. The molecule has 28 heavy (non-hydrogen) atoms. The summed E-state index contributed by atoms with van der Waals surface area (Å²) in [6.45, 7) is 0.338. The SMILES string of the molecule is COc1ccc(Cn2cc(C(=O)Nc3cc(Cl)ccc3OC)ccc2=O)cc1. The van der Waals surface area contributed by atoms with E-state index in [0.29, 0.717) is 28.6 Å². The lowest BCUT2D eigenvalue weighted by atomic mass is 10.2. The zero-order chi connectivity index (χ0) is 20.1. The van der Waals surface area contributed by atoms with Gasteiger partial charge in [0.25, 0.3) is 11.5 Å². The van der Waals surface area contributed by atoms with Crippen LogP contribution in [0.15, 0.2) is 65.6 Å². The van der Waals surface area contributed by atoms with Crippen LogP contribution in [0.2, 0.25) is 5.02 Å². The molecule has 0 saturated heterocycles. The van der Waals surface area contributed by atoms with Crippen molar-refractivity contribution >= 4 is 23.2 Å². The van der Waals surface area contributed by atoms with E-state index in [-0.39, 0.29) is 11.5 Å². The molecule has 144 valence electrons. The number of aromatic nitrogens is 1. The summed E-state index contributed by atoms with van der Waals surface area (Å²) >= 11 is 6.00. The number of nitrogens with zero attached hydrogens (tertiary/aromatic N) is 1. The van der Waals surface area contributed by atoms with Crippen LogP contribution in [0.3, 0.4) is 0 Å². The van der Waals surface area contributed by atoms with Crippen LogP contribution in [0.1, 0.15) is 15.9 Å². The smallest absolute Gasteiger partial charge is 0.257 e. The fourth-order valence-corrected chi connectivity index (χ4v) is 2.86. The van der Waals surface area contributed by atoms with Gasteiger partial charge in [0.05, 0.1) is 32.0 Å². The summed E-state index contributed by atoms with van der Waals surface area (Å²) in [5.41, 5.74) is 1.51. The van der Waals surface area contributed by atoms with Crippen molar-refractivity contribution < 1.29 is 14.3 Å². The second kappa shape index (κ2) is 8.63. The normalized spacial score (nSPS) is 10.4. The van der Waals surface area contributed by atoms with Gasteiger partial charge in [0.1, 0.15) is 11.5 Å². The molecule has 1 heterocycles. The molecule has 0 atom stereocenters. The van der Waals surface area contributed by atoms with Crippen molar-refractivity contribution in [2.24, 2.45) is 0 Å². The molecule has 1 aromatic heterocycles. The first-order valence-electron chi connectivity index (χ1n) is 8.48. The van der Waals surface area contributed by atoms with Gasteiger partial charge in [-0.05, 0) is 42.0 Å². The highest BCUT2D eigenvalue weighted by Crippen LogP contribution is 2.28. The molecule has 6 nitrogen and oxygen atoms in total. The number of rotatable bonds is 6. The Labute approximate surface area is 167 Å². The van der Waals surface area contributed by atoms with Crippen molar-refractivity contribution in [2.45, 2.75) is 6.54 Å². The molecule has 0 spiro atoms. The summed E-state index contributed by atoms with van der Waals surface area (Å²) in [6.07, 6.45) is 1.53. The number of pyridine rings is 1. The van der Waals surface area contributed by atoms with Gasteiger partial charge in [-0.3, -0.25) is 9.59 Å². The number of carbonyl (C=O) groups excluding carboxylic acids is 1. The highest BCUT2D eigenvalue weighted by molar-refractivity contribution is 6.31. The predicted octanol–water partition coefficient (Wildman–Crippen LogP) is 3.82. The largest absolute Gasteiger partial charge is 0.497 e. The van der Waals surface area contributed by atoms with E-state index < -0.39 is 0 Å². The standard InChI is InChI=1S/C21H19ClN2O4/c1-27-17-7-3-14(4-8-17)12-24-13-15(5-10-20(24)25)21(26)23-18-11-16(22)6-9-19(18)28-2/h3-11,13H,12H2,1-2H3,(H,23,26). The predicted molar refractivity (Wildman–Crippen MR) is 109 cm³/mol. The van der Waals surface area contributed by atoms with Gasteiger partial charge in [0.2, 0.25) is 0 Å². The van der Waals surface area contributed by atoms with Crippen molar-refractivity contribution in [1.29, 1.82) is 0 Å². The van der Waals surface area contributed by atoms with Crippen LogP contribution in [0.25, 0.3) is 0 Å². The molecular formula is C21H19ClN2O4. The first kappa shape index (κ1) is 19.5. The maximum Gasteiger partial charge on any atom is 0.257 e. The topological polar surface area (TPSA) is 69.6 Å². The number of methoxy groups -OCH3 is 2. The zero-order valence-electron chi connectivity index (χ0n) is 15.4. The minimum atomic E-state index is -0.371. The third-order valence-corrected chi connectivity index (χ3v) is 4.40. The summed E-state index contributed by atoms with van der Waals surface area (Å²) in [7, 11) is 3.10. The minimum Gasteiger partial charge on any atom is -0.497 e. The second-order valence-electron chi connectivity index (χ2n) is 6.03. The molecule has 0 aliphatic carbocycles. The van der Waals surface area contributed by atoms with Crippen molar-refractivity contribution in [2.75, 3.05) is 19.5 Å². The average molecular weight is 399 g/mol. The van der Waals surface area contributed by atoms with Crippen molar-refractivity contribution in [3.05, 3.63) is 87.3 Å². The molecule has 2 aromatic carbocycles. The molecule has 0 fully saturated rings. The Morgan fingerprint density at radius 1 is 1.04 bits per heavy atom. The first-order valence-corrected chi connectivity index (χ1v) is 8.86. The number of hydrogen-bond donors (Lipinski definition) is 1. The molecule has 1 N–H and O–H groups in total. The van der Waals surface area contributed by atoms with E-state index >= 15 is 0 Å². The lowest BCUT2D eigenvalue weighted by Crippen LogP contribution is -2.22. The Bertz CT molecular complexity index is 1050. The van der Waals surface area contributed by atoms with Gasteiger partial charge in [-0.2, -0.15) is 0 Å². The molecule has 0 aliphatic heterocycles. The molecular weight excluding hydrogens is 380 g/mol. The van der Waals surface area contributed by atoms with Crippen LogP contribution in [0, 0.1) is 0 Å². The molecule has 7 heteroatoms. The van der Waals surface area contributed by atoms with Gasteiger partial charge >= 0.3 is 0 Å². The fourth-order valence-electron chi connectivity index (χ4n) is 2.69. The number of anilines is 1. The monoisotopic (exact) mass is 398 g/mol. The molecule has 0 bridgehead atoms. The maximum atomic E-state index is 12.7. The third kappa shape index (κ3) is 4.53. The van der Waals surface area contributed by atoms with Crippen LogP contribution in [0.5, 0.6) is 11.5 Å². The van der Waals surface area contributed by atoms with Gasteiger partial charge in [-0.1, -0.05) is 23.7 Å². The van der Waals surface area contributed by atoms with Gasteiger partial charge in [-0.15, -0.1) is 0 Å². The summed E-state index contributed by atoms with van der Waals surface area (Å²) in [5, 5.41) is 3.24. The van der Waals surface area contributed by atoms with E-state index in [1.807, 2.05) is 24.3 Å². The van der Waals surface area contributed by atoms with Crippen LogP contribution >= 0.6 is 11.6 Å². The number of hydrogen-bond acceptors (Lipinski definition) is 4. The summed E-state index contributed by atoms with van der Waals surface area (Å²) in [4.78, 5) is 24.8. The summed E-state index contributed by atoms with van der Waals surface area (Å²) in [6, 6.07) is 15.2. The Morgan fingerprint density at radius 2 is 1.79 bits per heavy atom. The van der Waals surface area contributed by atoms with Crippen LogP contribution in [0.4, 0.5) is 5.69 Å². The first-order chi connectivity index (χ1) is 13.5. The Kier molecular flexibility index (Phi) is 6.01. The molecule has 0 unspecified atom stereocenters. The Morgan fingerprint density at radius 3 is 2.46 bits per heavy atom. The van der Waals surface area contributed by atoms with E-state index in [1.54, 1.807) is 25.3 Å². The second-order valence-corrected chi connectivity index (χ2v) is 6.47. The van der Waals surface area contributed by atoms with Crippen LogP contribution in [-0.4, -0.2) is 24.7 Å². The molecule has 0 aliphatic rings. The average Bonchev–Trinajstić information content (AvgIpc) is 2.70. The lowest BCUT2D eigenvalue weighted by Gasteiger charge is -2.12. The lowest BCUT2D eigenvalue weighted by molar-refractivity contribution is 0.102. The number of carbonyl (C=O) groups is 1. The summed E-state index contributed by atoms with van der Waals surface area (Å²) in [5.74, 6) is 0.855. The van der Waals surface area contributed by atoms with Crippen molar-refractivity contribution in [3.8, 4) is 11.5 Å². The molecule has 0 radical (unpaired) electrons. The number of benzene rings is 2. The molecule has 3 aromatic rings. The van der Waals surface area contributed by atoms with Crippen molar-refractivity contribution in [3.63, 3.8) is 0 Å². The minimum absolute atomic E-state index is 0.201. The van der Waals surface area contributed by atoms with Gasteiger partial charge in [-0.25, -0.2) is 0 Å². The van der Waals surface area contributed by atoms with Crippen LogP contribution < -0.4 is 20.3 Å². The van der Waals surface area contributed by atoms with Gasteiger partial charge < -0.3 is 19.4 Å². The Balaban J connectivity index is 1.83. The molecule has 3 rings (SSSR count). The van der Waals surface area contributed by atoms with E-state index in [9.17, 15) is 9.59 Å². The highest BCUT2D eigenvalue weighted by atomic mass is 35.5. The Hall–Kier alpha value is -3.25. The van der Waals surface area contributed by atoms with E-state index in [2.05, 4.69) is 5.32 Å². The number of amides is 1. The molecule has 0 saturated carbocycles. The highest BCUT2D eigenvalue weighted by Gasteiger charge is 2.12. The number of halogens is 1. The maximum absolute atomic E-state index is 12.7. The number of ether oxygens (including phenoxy) is 2. The van der Waals surface area contributed by atoms with E-state index in [4.69, 9.17) is 21.1 Å².